The number of carbonyl (C=O) groups is 1. The van der Waals surface area contributed by atoms with Crippen LogP contribution in [-0.2, 0) is 25.5 Å². The van der Waals surface area contributed by atoms with Crippen LogP contribution in [0, 0.1) is 0 Å². The summed E-state index contributed by atoms with van der Waals surface area (Å²) in [5.41, 5.74) is 1.70. The molecule has 0 saturated heterocycles. The zero-order valence-electron chi connectivity index (χ0n) is 18.7. The van der Waals surface area contributed by atoms with Crippen LogP contribution in [0.25, 0.3) is 0 Å². The van der Waals surface area contributed by atoms with Crippen LogP contribution in [0.3, 0.4) is 0 Å². The molecule has 0 aliphatic heterocycles. The van der Waals surface area contributed by atoms with Gasteiger partial charge in [0.2, 0.25) is 5.91 Å². The van der Waals surface area contributed by atoms with Gasteiger partial charge in [-0.15, -0.1) is 0 Å². The Hall–Kier alpha value is -1.80. The van der Waals surface area contributed by atoms with Crippen molar-refractivity contribution in [3.05, 3.63) is 63.6 Å². The van der Waals surface area contributed by atoms with Crippen molar-refractivity contribution in [2.45, 2.75) is 38.7 Å². The van der Waals surface area contributed by atoms with E-state index in [1.807, 2.05) is 44.2 Å². The molecule has 0 fully saturated rings. The summed E-state index contributed by atoms with van der Waals surface area (Å²) in [4.78, 5) is 14.5. The predicted octanol–water partition coefficient (Wildman–Crippen LogP) is 4.93. The minimum atomic E-state index is -3.55. The number of halogens is 2. The predicted molar refractivity (Wildman–Crippen MR) is 128 cm³/mol. The van der Waals surface area contributed by atoms with Crippen LogP contribution < -0.4 is 4.74 Å². The number of hydrogen-bond acceptors (Lipinski definition) is 5. The molecule has 176 valence electrons. The normalized spacial score (nSPS) is 12.6. The van der Waals surface area contributed by atoms with Gasteiger partial charge in [-0.05, 0) is 55.7 Å². The molecule has 6 nitrogen and oxygen atoms in total. The fourth-order valence-electron chi connectivity index (χ4n) is 3.21. The molecule has 2 rings (SSSR count). The lowest BCUT2D eigenvalue weighted by Gasteiger charge is -2.25. The number of rotatable bonds is 11. The van der Waals surface area contributed by atoms with Crippen LogP contribution >= 0.6 is 23.2 Å². The Morgan fingerprint density at radius 3 is 2.44 bits per heavy atom. The Balaban J connectivity index is 2.11. The van der Waals surface area contributed by atoms with Crippen molar-refractivity contribution in [2.75, 3.05) is 26.5 Å². The van der Waals surface area contributed by atoms with Gasteiger partial charge < -0.3 is 9.64 Å². The van der Waals surface area contributed by atoms with Crippen molar-refractivity contribution in [3.63, 3.8) is 0 Å². The number of likely N-dealkylation sites (N-methyl/N-ethyl adjacent to an activating group) is 1. The summed E-state index contributed by atoms with van der Waals surface area (Å²) in [6.45, 7) is 4.26. The molecule has 0 bridgehead atoms. The van der Waals surface area contributed by atoms with Crippen LogP contribution in [0.1, 0.15) is 37.3 Å². The molecule has 0 aliphatic rings. The molecule has 0 aromatic heterocycles. The summed E-state index contributed by atoms with van der Waals surface area (Å²) in [6.07, 6.45) is 1.67. The van der Waals surface area contributed by atoms with Gasteiger partial charge in [-0.2, -0.15) is 8.42 Å². The van der Waals surface area contributed by atoms with Gasteiger partial charge in [-0.25, -0.2) is 0 Å². The van der Waals surface area contributed by atoms with Crippen molar-refractivity contribution in [1.29, 1.82) is 0 Å². The van der Waals surface area contributed by atoms with E-state index in [4.69, 9.17) is 32.1 Å². The lowest BCUT2D eigenvalue weighted by atomic mass is 9.95. The van der Waals surface area contributed by atoms with E-state index in [-0.39, 0.29) is 31.0 Å². The maximum absolute atomic E-state index is 12.9. The maximum Gasteiger partial charge on any atom is 0.264 e. The first-order chi connectivity index (χ1) is 14.9. The van der Waals surface area contributed by atoms with Crippen LogP contribution in [0.2, 0.25) is 10.0 Å². The first-order valence-electron chi connectivity index (χ1n) is 10.2. The molecule has 0 aliphatic carbocycles. The first-order valence-corrected chi connectivity index (χ1v) is 12.8. The zero-order valence-corrected chi connectivity index (χ0v) is 21.0. The van der Waals surface area contributed by atoms with E-state index < -0.39 is 10.1 Å². The van der Waals surface area contributed by atoms with Crippen LogP contribution in [0.5, 0.6) is 5.75 Å². The molecule has 9 heteroatoms. The lowest BCUT2D eigenvalue weighted by Crippen LogP contribution is -2.32. The molecule has 1 atom stereocenters. The van der Waals surface area contributed by atoms with E-state index in [9.17, 15) is 13.2 Å². The van der Waals surface area contributed by atoms with Gasteiger partial charge in [0.05, 0.1) is 35.4 Å². The molecule has 1 amide bonds. The molecular formula is C23H29Cl2NO5S. The van der Waals surface area contributed by atoms with Gasteiger partial charge >= 0.3 is 0 Å². The Bertz CT molecular complexity index is 1030. The first kappa shape index (κ1) is 26.5. The fourth-order valence-corrected chi connectivity index (χ4v) is 3.92. The fraction of sp³-hybridized carbons (Fsp3) is 0.435. The van der Waals surface area contributed by atoms with Crippen molar-refractivity contribution in [3.8, 4) is 5.75 Å². The van der Waals surface area contributed by atoms with E-state index >= 15 is 0 Å². The zero-order chi connectivity index (χ0) is 23.9. The van der Waals surface area contributed by atoms with Crippen molar-refractivity contribution in [2.24, 2.45) is 0 Å². The average molecular weight is 502 g/mol. The highest BCUT2D eigenvalue weighted by Gasteiger charge is 2.20. The second-order valence-corrected chi connectivity index (χ2v) is 10.4. The Kier molecular flexibility index (Phi) is 9.83. The monoisotopic (exact) mass is 501 g/mol. The van der Waals surface area contributed by atoms with Gasteiger partial charge in [0, 0.05) is 19.5 Å². The maximum atomic E-state index is 12.9. The summed E-state index contributed by atoms with van der Waals surface area (Å²) in [5, 5.41) is 0.823. The van der Waals surface area contributed by atoms with E-state index in [1.54, 1.807) is 24.1 Å². The van der Waals surface area contributed by atoms with E-state index in [0.717, 1.165) is 23.1 Å². The summed E-state index contributed by atoms with van der Waals surface area (Å²) < 4.78 is 33.3. The van der Waals surface area contributed by atoms with Crippen molar-refractivity contribution in [1.82, 2.24) is 4.90 Å². The number of hydrogen-bond donors (Lipinski definition) is 0. The van der Waals surface area contributed by atoms with Gasteiger partial charge in [0.25, 0.3) is 10.1 Å². The topological polar surface area (TPSA) is 72.9 Å². The number of benzene rings is 2. The Morgan fingerprint density at radius 2 is 1.81 bits per heavy atom. The van der Waals surface area contributed by atoms with Crippen molar-refractivity contribution >= 4 is 39.2 Å². The number of carbonyl (C=O) groups excluding carboxylic acids is 1. The Labute approximate surface area is 200 Å². The van der Waals surface area contributed by atoms with Gasteiger partial charge in [-0.3, -0.25) is 8.98 Å². The SMILES string of the molecule is CC(C)Oc1cccc(CC(=O)N(C)CC(CCOS(C)(=O)=O)c2ccc(Cl)c(Cl)c2)c1. The summed E-state index contributed by atoms with van der Waals surface area (Å²) in [5.74, 6) is 0.469. The molecule has 32 heavy (non-hydrogen) atoms. The molecule has 0 radical (unpaired) electrons. The molecule has 0 spiro atoms. The molecule has 0 N–H and O–H groups in total. The summed E-state index contributed by atoms with van der Waals surface area (Å²) in [6, 6.07) is 12.7. The van der Waals surface area contributed by atoms with Gasteiger partial charge in [0.1, 0.15) is 5.75 Å². The third-order valence-electron chi connectivity index (χ3n) is 4.72. The minimum Gasteiger partial charge on any atom is -0.491 e. The standard InChI is InChI=1S/C23H29Cl2NO5S/c1-16(2)31-20-7-5-6-17(12-20)13-23(27)26(3)15-19(10-11-30-32(4,28)29)18-8-9-21(24)22(25)14-18/h5-9,12,14,16,19H,10-11,13,15H2,1-4H3. The summed E-state index contributed by atoms with van der Waals surface area (Å²) >= 11 is 12.2. The van der Waals surface area contributed by atoms with Crippen LogP contribution in [-0.4, -0.2) is 51.8 Å². The number of ether oxygens (including phenoxy) is 1. The third kappa shape index (κ3) is 8.98. The van der Waals surface area contributed by atoms with Crippen LogP contribution in [0.15, 0.2) is 42.5 Å². The van der Waals surface area contributed by atoms with E-state index in [1.165, 1.54) is 0 Å². The lowest BCUT2D eigenvalue weighted by molar-refractivity contribution is -0.129. The van der Waals surface area contributed by atoms with Crippen molar-refractivity contribution < 1.29 is 22.1 Å². The van der Waals surface area contributed by atoms with E-state index in [2.05, 4.69) is 0 Å². The summed E-state index contributed by atoms with van der Waals surface area (Å²) in [7, 11) is -1.83. The molecular weight excluding hydrogens is 473 g/mol. The molecule has 0 saturated carbocycles. The Morgan fingerprint density at radius 1 is 1.09 bits per heavy atom. The van der Waals surface area contributed by atoms with Crippen LogP contribution in [0.4, 0.5) is 0 Å². The molecule has 1 unspecified atom stereocenters. The minimum absolute atomic E-state index is 0.000359. The van der Waals surface area contributed by atoms with E-state index in [0.29, 0.717) is 23.0 Å². The third-order valence-corrected chi connectivity index (χ3v) is 6.06. The van der Waals surface area contributed by atoms with Gasteiger partial charge in [0.15, 0.2) is 0 Å². The number of nitrogens with zero attached hydrogens (tertiary/aromatic N) is 1. The number of amides is 1. The highest BCUT2D eigenvalue weighted by atomic mass is 35.5. The van der Waals surface area contributed by atoms with Gasteiger partial charge in [-0.1, -0.05) is 41.4 Å². The largest absolute Gasteiger partial charge is 0.491 e. The average Bonchev–Trinajstić information content (AvgIpc) is 2.68. The highest BCUT2D eigenvalue weighted by Crippen LogP contribution is 2.29. The highest BCUT2D eigenvalue weighted by molar-refractivity contribution is 7.85. The quantitative estimate of drug-likeness (QED) is 0.408. The smallest absolute Gasteiger partial charge is 0.264 e. The molecule has 2 aromatic rings. The molecule has 2 aromatic carbocycles. The second kappa shape index (κ2) is 11.9. The molecule has 0 heterocycles. The second-order valence-electron chi connectivity index (χ2n) is 7.95.